The maximum Gasteiger partial charge on any atom is 0.435 e. The van der Waals surface area contributed by atoms with Crippen LogP contribution in [0.25, 0.3) is 0 Å². The van der Waals surface area contributed by atoms with Crippen molar-refractivity contribution in [3.8, 4) is 0 Å². The van der Waals surface area contributed by atoms with E-state index in [0.717, 1.165) is 48.9 Å². The maximum atomic E-state index is 4.33. The van der Waals surface area contributed by atoms with Gasteiger partial charge in [-0.2, -0.15) is 0 Å². The van der Waals surface area contributed by atoms with E-state index in [1.165, 1.54) is 0 Å². The number of benzene rings is 2. The molecule has 0 N–H and O–H groups in total. The lowest BCUT2D eigenvalue weighted by atomic mass is 10.2. The highest BCUT2D eigenvalue weighted by atomic mass is 15.4. The molecule has 0 radical (unpaired) electrons. The smallest absolute Gasteiger partial charge is 0.370 e. The SMILES string of the molecule is CCN(CCN(CC)c1ccc(N=Nc2nn(C)c[n+]2C)cc1)c1ccc(N=Nc2nn(C)c[n+]2C)cc1. The van der Waals surface area contributed by atoms with Gasteiger partial charge in [-0.1, -0.05) is 10.2 Å². The van der Waals surface area contributed by atoms with Crippen LogP contribution in [0.5, 0.6) is 0 Å². The van der Waals surface area contributed by atoms with Crippen molar-refractivity contribution in [2.45, 2.75) is 13.8 Å². The topological polar surface area (TPSA) is 99.3 Å². The predicted molar refractivity (Wildman–Crippen MR) is 146 cm³/mol. The first kappa shape index (κ1) is 26.6. The van der Waals surface area contributed by atoms with Crippen LogP contribution in [0.1, 0.15) is 13.8 Å². The number of nitrogens with zero attached hydrogens (tertiary/aromatic N) is 12. The average molecular weight is 517 g/mol. The quantitative estimate of drug-likeness (QED) is 0.222. The Balaban J connectivity index is 1.35. The molecule has 0 aliphatic rings. The van der Waals surface area contributed by atoms with Crippen molar-refractivity contribution in [3.63, 3.8) is 0 Å². The molecule has 4 rings (SSSR count). The fourth-order valence-corrected chi connectivity index (χ4v) is 4.11. The Kier molecular flexibility index (Phi) is 8.51. The molecule has 198 valence electrons. The summed E-state index contributed by atoms with van der Waals surface area (Å²) in [6, 6.07) is 16.3. The van der Waals surface area contributed by atoms with Crippen LogP contribution < -0.4 is 18.9 Å². The van der Waals surface area contributed by atoms with E-state index >= 15 is 0 Å². The summed E-state index contributed by atoms with van der Waals surface area (Å²) >= 11 is 0. The highest BCUT2D eigenvalue weighted by Gasteiger charge is 2.13. The minimum absolute atomic E-state index is 0.560. The molecular formula is C26H36N12+2. The zero-order chi connectivity index (χ0) is 27.1. The number of aryl methyl sites for hydroxylation is 4. The largest absolute Gasteiger partial charge is 0.435 e. The summed E-state index contributed by atoms with van der Waals surface area (Å²) in [5, 5.41) is 25.7. The minimum Gasteiger partial charge on any atom is -0.370 e. The molecule has 0 unspecified atom stereocenters. The van der Waals surface area contributed by atoms with Crippen LogP contribution in [0.15, 0.2) is 81.6 Å². The van der Waals surface area contributed by atoms with E-state index in [1.54, 1.807) is 9.36 Å². The second kappa shape index (κ2) is 12.2. The Morgan fingerprint density at radius 2 is 1.00 bits per heavy atom. The second-order valence-corrected chi connectivity index (χ2v) is 8.99. The Hall–Kier alpha value is -4.48. The normalized spacial score (nSPS) is 11.6. The van der Waals surface area contributed by atoms with Gasteiger partial charge in [0.1, 0.15) is 0 Å². The van der Waals surface area contributed by atoms with E-state index in [0.29, 0.717) is 11.9 Å². The summed E-state index contributed by atoms with van der Waals surface area (Å²) in [4.78, 5) is 4.72. The molecule has 0 amide bonds. The molecule has 2 heterocycles. The molecule has 4 aromatic rings. The van der Waals surface area contributed by atoms with Crippen LogP contribution in [0, 0.1) is 0 Å². The first-order chi connectivity index (χ1) is 18.4. The van der Waals surface area contributed by atoms with Gasteiger partial charge in [-0.25, -0.2) is 9.13 Å². The minimum atomic E-state index is 0.560. The van der Waals surface area contributed by atoms with E-state index in [-0.39, 0.29) is 0 Å². The van der Waals surface area contributed by atoms with Crippen molar-refractivity contribution in [1.82, 2.24) is 19.6 Å². The van der Waals surface area contributed by atoms with E-state index in [2.05, 4.69) is 78.6 Å². The Morgan fingerprint density at radius 3 is 1.29 bits per heavy atom. The molecule has 0 saturated heterocycles. The number of aromatic nitrogens is 6. The average Bonchev–Trinajstić information content (AvgIpc) is 3.42. The van der Waals surface area contributed by atoms with Gasteiger partial charge in [0.15, 0.2) is 12.7 Å². The molecule has 0 bridgehead atoms. The first-order valence-electron chi connectivity index (χ1n) is 12.7. The van der Waals surface area contributed by atoms with Gasteiger partial charge in [-0.3, -0.25) is 0 Å². The number of rotatable bonds is 11. The summed E-state index contributed by atoms with van der Waals surface area (Å²) in [7, 11) is 7.51. The predicted octanol–water partition coefficient (Wildman–Crippen LogP) is 3.99. The Morgan fingerprint density at radius 1 is 0.632 bits per heavy atom. The fraction of sp³-hybridized carbons (Fsp3) is 0.385. The number of likely N-dealkylation sites (N-methyl/N-ethyl adjacent to an activating group) is 2. The Labute approximate surface area is 223 Å². The molecule has 0 saturated carbocycles. The van der Waals surface area contributed by atoms with Gasteiger partial charge in [-0.05, 0) is 62.4 Å². The van der Waals surface area contributed by atoms with Crippen molar-refractivity contribution in [2.24, 2.45) is 48.6 Å². The van der Waals surface area contributed by atoms with E-state index in [1.807, 2.05) is 74.2 Å². The van der Waals surface area contributed by atoms with Crippen molar-refractivity contribution in [3.05, 3.63) is 61.2 Å². The molecule has 38 heavy (non-hydrogen) atoms. The van der Waals surface area contributed by atoms with Gasteiger partial charge < -0.3 is 9.80 Å². The molecule has 0 aliphatic heterocycles. The molecule has 0 spiro atoms. The lowest BCUT2D eigenvalue weighted by molar-refractivity contribution is -0.659. The fourth-order valence-electron chi connectivity index (χ4n) is 4.11. The maximum absolute atomic E-state index is 4.33. The summed E-state index contributed by atoms with van der Waals surface area (Å²) in [5.41, 5.74) is 3.90. The van der Waals surface area contributed by atoms with Crippen molar-refractivity contribution >= 4 is 34.6 Å². The number of hydrogen-bond donors (Lipinski definition) is 0. The second-order valence-electron chi connectivity index (χ2n) is 8.99. The molecule has 2 aromatic heterocycles. The first-order valence-corrected chi connectivity index (χ1v) is 12.7. The summed E-state index contributed by atoms with van der Waals surface area (Å²) < 4.78 is 7.07. The highest BCUT2D eigenvalue weighted by molar-refractivity contribution is 5.55. The summed E-state index contributed by atoms with van der Waals surface area (Å²) in [6.07, 6.45) is 3.69. The van der Waals surface area contributed by atoms with Gasteiger partial charge in [0, 0.05) is 58.0 Å². The van der Waals surface area contributed by atoms with Crippen LogP contribution in [-0.4, -0.2) is 45.7 Å². The third-order valence-electron chi connectivity index (χ3n) is 6.15. The van der Waals surface area contributed by atoms with Gasteiger partial charge in [-0.15, -0.1) is 9.36 Å². The van der Waals surface area contributed by atoms with E-state index in [4.69, 9.17) is 0 Å². The molecule has 0 aliphatic carbocycles. The van der Waals surface area contributed by atoms with Gasteiger partial charge in [0.25, 0.3) is 0 Å². The molecular weight excluding hydrogens is 480 g/mol. The molecule has 12 heteroatoms. The van der Waals surface area contributed by atoms with Crippen molar-refractivity contribution < 1.29 is 9.13 Å². The summed E-state index contributed by atoms with van der Waals surface area (Å²) in [6.45, 7) is 7.96. The van der Waals surface area contributed by atoms with Crippen LogP contribution in [0.2, 0.25) is 0 Å². The highest BCUT2D eigenvalue weighted by Crippen LogP contribution is 2.23. The lowest BCUT2D eigenvalue weighted by Gasteiger charge is -2.29. The molecule has 2 aromatic carbocycles. The van der Waals surface area contributed by atoms with Gasteiger partial charge >= 0.3 is 11.9 Å². The van der Waals surface area contributed by atoms with E-state index in [9.17, 15) is 0 Å². The molecule has 0 fully saturated rings. The number of anilines is 2. The van der Waals surface area contributed by atoms with Gasteiger partial charge in [0.2, 0.25) is 0 Å². The van der Waals surface area contributed by atoms with Gasteiger partial charge in [0.05, 0.1) is 39.6 Å². The molecule has 12 nitrogen and oxygen atoms in total. The zero-order valence-electron chi connectivity index (χ0n) is 23.0. The third-order valence-corrected chi connectivity index (χ3v) is 6.15. The number of azo groups is 2. The standard InChI is InChI=1S/C26H36N12/c1-7-37(23-13-9-21(10-14-23)27-29-25-31-35(5)19-33(25)3)17-18-38(8-2)24-15-11-22(12-16-24)28-30-26-32-36(6)20-34(26)4/h9-16,19-20H,7-8,17-18H2,1-6H3/q+2. The van der Waals surface area contributed by atoms with E-state index < -0.39 is 0 Å². The van der Waals surface area contributed by atoms with Crippen LogP contribution in [0.3, 0.4) is 0 Å². The molecule has 0 atom stereocenters. The third kappa shape index (κ3) is 6.64. The number of hydrogen-bond acceptors (Lipinski definition) is 8. The van der Waals surface area contributed by atoms with Crippen LogP contribution in [0.4, 0.5) is 34.6 Å². The van der Waals surface area contributed by atoms with Crippen LogP contribution >= 0.6 is 0 Å². The monoisotopic (exact) mass is 516 g/mol. The van der Waals surface area contributed by atoms with Crippen molar-refractivity contribution in [2.75, 3.05) is 36.0 Å². The summed E-state index contributed by atoms with van der Waals surface area (Å²) in [5.74, 6) is 1.12. The Bertz CT molecular complexity index is 1280. The van der Waals surface area contributed by atoms with Crippen molar-refractivity contribution in [1.29, 1.82) is 0 Å². The lowest BCUT2D eigenvalue weighted by Crippen LogP contribution is -2.35. The van der Waals surface area contributed by atoms with Crippen LogP contribution in [-0.2, 0) is 28.2 Å². The zero-order valence-corrected chi connectivity index (χ0v) is 23.0.